The van der Waals surface area contributed by atoms with Gasteiger partial charge >= 0.3 is 0 Å². The van der Waals surface area contributed by atoms with Crippen LogP contribution in [0, 0.1) is 151 Å². The summed E-state index contributed by atoms with van der Waals surface area (Å²) < 4.78 is 15.9. The molecule has 0 N–H and O–H groups in total. The molecule has 0 radical (unpaired) electrons. The van der Waals surface area contributed by atoms with E-state index >= 15 is 0 Å². The molecule has 0 saturated carbocycles. The van der Waals surface area contributed by atoms with Crippen LogP contribution in [0.4, 0.5) is 0 Å². The Kier molecular flexibility index (Phi) is 22.1. The van der Waals surface area contributed by atoms with E-state index < -0.39 is 0 Å². The van der Waals surface area contributed by atoms with Crippen molar-refractivity contribution in [2.24, 2.45) is 0 Å². The van der Waals surface area contributed by atoms with Crippen LogP contribution in [-0.2, 0) is 0 Å². The molecule has 0 saturated heterocycles. The average molecular weight is 470 g/mol. The Morgan fingerprint density at radius 2 is 1.33 bits per heavy atom. The van der Waals surface area contributed by atoms with Gasteiger partial charge in [-0.15, -0.1) is 18.5 Å². The maximum atomic E-state index is 5.38. The minimum atomic E-state index is 0. The predicted octanol–water partition coefficient (Wildman–Crippen LogP) is 1.17. The third kappa shape index (κ3) is 8.15. The van der Waals surface area contributed by atoms with Crippen molar-refractivity contribution >= 4 is 29.1 Å². The van der Waals surface area contributed by atoms with E-state index in [0.29, 0.717) is 17.6 Å². The SMILES string of the molecule is COc1cc(P)c(-c2c(P)ccnc2OC)c(OC)n1.[Ar].[Ar].[Ar].[Ar]. The van der Waals surface area contributed by atoms with Crippen molar-refractivity contribution in [2.45, 2.75) is 0 Å². The van der Waals surface area contributed by atoms with Gasteiger partial charge < -0.3 is 14.2 Å². The molecule has 0 fully saturated rings. The molecule has 0 aliphatic heterocycles. The maximum absolute atomic E-state index is 5.38. The van der Waals surface area contributed by atoms with E-state index in [4.69, 9.17) is 14.2 Å². The summed E-state index contributed by atoms with van der Waals surface area (Å²) in [5.74, 6) is 1.47. The number of rotatable bonds is 4. The number of nitrogens with zero attached hydrogens (tertiary/aromatic N) is 2. The molecule has 2 heterocycles. The summed E-state index contributed by atoms with van der Waals surface area (Å²) in [4.78, 5) is 8.55. The summed E-state index contributed by atoms with van der Waals surface area (Å²) in [7, 11) is 10.1. The van der Waals surface area contributed by atoms with Crippen LogP contribution in [0.5, 0.6) is 17.6 Å². The second-order valence-electron chi connectivity index (χ2n) is 3.92. The van der Waals surface area contributed by atoms with Crippen LogP contribution in [0.2, 0.25) is 0 Å². The van der Waals surface area contributed by atoms with Gasteiger partial charge in [0.25, 0.3) is 0 Å². The van der Waals surface area contributed by atoms with Crippen molar-refractivity contribution in [3.63, 3.8) is 0 Å². The normalized spacial score (nSPS) is 8.54. The van der Waals surface area contributed by atoms with Crippen LogP contribution in [-0.4, -0.2) is 31.3 Å². The molecule has 0 amide bonds. The Morgan fingerprint density at radius 3 is 1.83 bits per heavy atom. The van der Waals surface area contributed by atoms with Gasteiger partial charge in [-0.3, -0.25) is 0 Å². The fourth-order valence-electron chi connectivity index (χ4n) is 1.88. The fraction of sp³-hybridized carbons (Fsp3) is 0.231. The minimum absolute atomic E-state index is 0. The first-order valence-electron chi connectivity index (χ1n) is 5.79. The molecule has 5 nitrogen and oxygen atoms in total. The number of hydrogen-bond donors (Lipinski definition) is 0. The van der Waals surface area contributed by atoms with E-state index in [1.807, 2.05) is 12.1 Å². The van der Waals surface area contributed by atoms with Gasteiger partial charge in [-0.05, 0) is 16.7 Å². The third-order valence-electron chi connectivity index (χ3n) is 2.79. The van der Waals surface area contributed by atoms with Crippen molar-refractivity contribution in [2.75, 3.05) is 21.3 Å². The van der Waals surface area contributed by atoms with Crippen LogP contribution in [0.1, 0.15) is 0 Å². The summed E-state index contributed by atoms with van der Waals surface area (Å²) in [5, 5.41) is 1.84. The smallest absolute Gasteiger partial charge is 0.225 e. The number of ether oxygens (including phenoxy) is 3. The number of methoxy groups -OCH3 is 3. The van der Waals surface area contributed by atoms with Crippen LogP contribution in [0.25, 0.3) is 11.1 Å². The van der Waals surface area contributed by atoms with Gasteiger partial charge in [0.2, 0.25) is 17.6 Å². The van der Waals surface area contributed by atoms with Crippen molar-refractivity contribution in [3.05, 3.63) is 18.3 Å². The van der Waals surface area contributed by atoms with E-state index in [0.717, 1.165) is 21.7 Å². The van der Waals surface area contributed by atoms with Gasteiger partial charge in [0.05, 0.1) is 32.5 Å². The predicted molar refractivity (Wildman–Crippen MR) is 85.8 cm³/mol. The van der Waals surface area contributed by atoms with Crippen LogP contribution >= 0.6 is 18.5 Å². The van der Waals surface area contributed by atoms with Gasteiger partial charge in [-0.25, -0.2) is 4.98 Å². The van der Waals surface area contributed by atoms with Crippen LogP contribution < -0.4 is 24.8 Å². The number of pyridine rings is 2. The molecule has 138 valence electrons. The molecule has 0 bridgehead atoms. The van der Waals surface area contributed by atoms with Crippen LogP contribution in [0.15, 0.2) is 18.3 Å². The standard InChI is InChI=1S/C13H16N2O3P2.4Ar/c1-16-9-6-8(20)11(13(15-9)18-3)10-7(19)4-5-14-12(10)17-2;;;;/h4-6H,19-20H2,1-3H3;;;;. The second-order valence-corrected chi connectivity index (χ2v) is 5.17. The fourth-order valence-corrected chi connectivity index (χ4v) is 2.65. The van der Waals surface area contributed by atoms with Gasteiger partial charge in [0, 0.05) is 163 Å². The molecular weight excluding hydrogens is 454 g/mol. The summed E-state index contributed by atoms with van der Waals surface area (Å²) in [6, 6.07) is 3.70. The molecule has 2 aromatic heterocycles. The van der Waals surface area contributed by atoms with E-state index in [-0.39, 0.29) is 151 Å². The van der Waals surface area contributed by atoms with Crippen LogP contribution in [0.3, 0.4) is 0 Å². The number of hydrogen-bond acceptors (Lipinski definition) is 5. The molecule has 0 spiro atoms. The Labute approximate surface area is 266 Å². The zero-order valence-electron chi connectivity index (χ0n) is 12.9. The van der Waals surface area contributed by atoms with Crippen molar-refractivity contribution in [1.29, 1.82) is 0 Å². The second kappa shape index (κ2) is 16.4. The van der Waals surface area contributed by atoms with Crippen molar-refractivity contribution in [3.8, 4) is 28.8 Å². The molecule has 0 aliphatic rings. The summed E-state index contributed by atoms with van der Waals surface area (Å²) in [5.41, 5.74) is 1.64. The Hall–Kier alpha value is 3.60. The molecular formula is C13H16Ar4N2O3P2. The minimum Gasteiger partial charge on any atom is -0.481 e. The van der Waals surface area contributed by atoms with E-state index in [1.54, 1.807) is 27.5 Å². The van der Waals surface area contributed by atoms with Crippen molar-refractivity contribution in [1.82, 2.24) is 9.97 Å². The first-order chi connectivity index (χ1) is 9.62. The third-order valence-corrected chi connectivity index (χ3v) is 3.72. The maximum Gasteiger partial charge on any atom is 0.225 e. The topological polar surface area (TPSA) is 53.5 Å². The zero-order valence-corrected chi connectivity index (χ0v) is 18.1. The van der Waals surface area contributed by atoms with Gasteiger partial charge in [-0.1, -0.05) is 0 Å². The molecule has 0 aromatic carbocycles. The first-order valence-corrected chi connectivity index (χ1v) is 6.95. The first kappa shape index (κ1) is 32.3. The van der Waals surface area contributed by atoms with E-state index in [2.05, 4.69) is 28.4 Å². The quantitative estimate of drug-likeness (QED) is 0.629. The average Bonchev–Trinajstić information content (AvgIpc) is 2.46. The Morgan fingerprint density at radius 1 is 0.792 bits per heavy atom. The molecule has 11 heteroatoms. The zero-order chi connectivity index (χ0) is 14.7. The van der Waals surface area contributed by atoms with Gasteiger partial charge in [0.15, 0.2) is 0 Å². The summed E-state index contributed by atoms with van der Waals surface area (Å²) in [6.45, 7) is 0. The van der Waals surface area contributed by atoms with Crippen molar-refractivity contribution < 1.29 is 165 Å². The monoisotopic (exact) mass is 470 g/mol. The molecule has 24 heavy (non-hydrogen) atoms. The molecule has 2 aromatic rings. The van der Waals surface area contributed by atoms with Gasteiger partial charge in [-0.2, -0.15) is 4.98 Å². The molecule has 2 atom stereocenters. The summed E-state index contributed by atoms with van der Waals surface area (Å²) >= 11 is 0. The van der Waals surface area contributed by atoms with E-state index in [1.165, 1.54) is 0 Å². The largest absolute Gasteiger partial charge is 0.481 e. The van der Waals surface area contributed by atoms with E-state index in [9.17, 15) is 0 Å². The number of aromatic nitrogens is 2. The molecule has 2 rings (SSSR count). The summed E-state index contributed by atoms with van der Waals surface area (Å²) in [6.07, 6.45) is 1.69. The molecule has 0 aliphatic carbocycles. The van der Waals surface area contributed by atoms with Gasteiger partial charge in [0.1, 0.15) is 0 Å². The Bertz CT molecular complexity index is 651. The Balaban J connectivity index is -0.00000110. The molecule has 2 unspecified atom stereocenters.